The first-order valence-electron chi connectivity index (χ1n) is 8.47. The number of carbonyl (C=O) groups is 3. The molecule has 0 N–H and O–H groups in total. The molecular weight excluding hydrogens is 398 g/mol. The lowest BCUT2D eigenvalue weighted by atomic mass is 9.70. The quantitative estimate of drug-likeness (QED) is 0.326. The summed E-state index contributed by atoms with van der Waals surface area (Å²) in [5.41, 5.74) is 1.22. The highest BCUT2D eigenvalue weighted by Crippen LogP contribution is 2.48. The predicted molar refractivity (Wildman–Crippen MR) is 98.7 cm³/mol. The molecule has 26 heavy (non-hydrogen) atoms. The Labute approximate surface area is 159 Å². The summed E-state index contributed by atoms with van der Waals surface area (Å²) in [5.74, 6) is -2.89. The first-order valence-corrected chi connectivity index (χ1v) is 9.26. The van der Waals surface area contributed by atoms with E-state index in [1.165, 1.54) is 0 Å². The summed E-state index contributed by atoms with van der Waals surface area (Å²) in [5, 5.41) is 0. The Kier molecular flexibility index (Phi) is 4.15. The molecule has 1 fully saturated rings. The number of para-hydroxylation sites is 1. The summed E-state index contributed by atoms with van der Waals surface area (Å²) >= 11 is 3.35. The molecule has 2 amide bonds. The number of piperidine rings is 1. The summed E-state index contributed by atoms with van der Waals surface area (Å²) in [6.45, 7) is 1.90. The molecule has 2 heterocycles. The fourth-order valence-electron chi connectivity index (χ4n) is 3.89. The molecule has 6 heteroatoms. The minimum absolute atomic E-state index is 0.273. The molecule has 5 nitrogen and oxygen atoms in total. The van der Waals surface area contributed by atoms with Crippen LogP contribution >= 0.6 is 15.9 Å². The van der Waals surface area contributed by atoms with Crippen LogP contribution in [0.5, 0.6) is 5.75 Å². The van der Waals surface area contributed by atoms with Gasteiger partial charge in [0, 0.05) is 21.9 Å². The number of esters is 1. The lowest BCUT2D eigenvalue weighted by Gasteiger charge is -2.42. The number of imide groups is 1. The van der Waals surface area contributed by atoms with E-state index in [4.69, 9.17) is 4.74 Å². The Hall–Kier alpha value is -2.47. The van der Waals surface area contributed by atoms with Crippen molar-refractivity contribution in [1.82, 2.24) is 0 Å². The molecule has 2 aliphatic heterocycles. The molecule has 2 aromatic carbocycles. The number of rotatable bonds is 2. The fraction of sp³-hybridized carbons (Fsp3) is 0.250. The van der Waals surface area contributed by atoms with Crippen LogP contribution in [0.1, 0.15) is 24.8 Å². The van der Waals surface area contributed by atoms with Gasteiger partial charge in [-0.15, -0.1) is 0 Å². The number of benzene rings is 2. The van der Waals surface area contributed by atoms with E-state index in [0.29, 0.717) is 17.9 Å². The molecule has 2 aliphatic rings. The standard InChI is InChI=1S/C20H16BrNO4/c1-2-13-16-14-5-3-4-6-15(14)26-20(25)17(16)19(24)22(18(13)23)12-9-7-11(21)8-10-12/h3-10,13,16-17H,2H2,1H3/t13-,16-,17-/m1/s1. The van der Waals surface area contributed by atoms with Crippen LogP contribution in [0.15, 0.2) is 53.0 Å². The minimum Gasteiger partial charge on any atom is -0.426 e. The number of ether oxygens (including phenoxy) is 1. The van der Waals surface area contributed by atoms with E-state index in [1.807, 2.05) is 19.1 Å². The average molecular weight is 414 g/mol. The maximum atomic E-state index is 13.2. The third-order valence-corrected chi connectivity index (χ3v) is 5.61. The van der Waals surface area contributed by atoms with Gasteiger partial charge < -0.3 is 4.74 Å². The average Bonchev–Trinajstić information content (AvgIpc) is 2.63. The van der Waals surface area contributed by atoms with E-state index in [-0.39, 0.29) is 5.91 Å². The van der Waals surface area contributed by atoms with Gasteiger partial charge in [-0.25, -0.2) is 4.90 Å². The maximum Gasteiger partial charge on any atom is 0.324 e. The van der Waals surface area contributed by atoms with Gasteiger partial charge in [0.1, 0.15) is 11.7 Å². The van der Waals surface area contributed by atoms with E-state index in [0.717, 1.165) is 14.9 Å². The number of amides is 2. The van der Waals surface area contributed by atoms with E-state index in [2.05, 4.69) is 15.9 Å². The van der Waals surface area contributed by atoms with Gasteiger partial charge in [0.05, 0.1) is 5.69 Å². The molecule has 0 unspecified atom stereocenters. The van der Waals surface area contributed by atoms with Gasteiger partial charge in [0.15, 0.2) is 0 Å². The number of carbonyl (C=O) groups excluding carboxylic acids is 3. The normalized spacial score (nSPS) is 24.8. The molecule has 0 aliphatic carbocycles. The maximum absolute atomic E-state index is 13.2. The van der Waals surface area contributed by atoms with Crippen LogP contribution in [-0.2, 0) is 14.4 Å². The van der Waals surface area contributed by atoms with Gasteiger partial charge in [-0.05, 0) is 36.8 Å². The summed E-state index contributed by atoms with van der Waals surface area (Å²) in [6, 6.07) is 14.0. The Bertz CT molecular complexity index is 908. The van der Waals surface area contributed by atoms with Crippen molar-refractivity contribution in [3.63, 3.8) is 0 Å². The van der Waals surface area contributed by atoms with Crippen LogP contribution in [0.25, 0.3) is 0 Å². The second-order valence-corrected chi connectivity index (χ2v) is 7.38. The van der Waals surface area contributed by atoms with E-state index >= 15 is 0 Å². The summed E-state index contributed by atoms with van der Waals surface area (Å²) in [7, 11) is 0. The van der Waals surface area contributed by atoms with Crippen molar-refractivity contribution in [2.24, 2.45) is 11.8 Å². The first kappa shape index (κ1) is 17.0. The van der Waals surface area contributed by atoms with Crippen LogP contribution in [0.4, 0.5) is 5.69 Å². The summed E-state index contributed by atoms with van der Waals surface area (Å²) in [4.78, 5) is 40.0. The SMILES string of the molecule is CC[C@H]1C(=O)N(c2ccc(Br)cc2)C(=O)[C@@H]2C(=O)Oc3ccccc3[C@H]21. The zero-order chi connectivity index (χ0) is 18.4. The highest BCUT2D eigenvalue weighted by molar-refractivity contribution is 9.10. The zero-order valence-electron chi connectivity index (χ0n) is 14.0. The number of hydrogen-bond acceptors (Lipinski definition) is 4. The number of hydrogen-bond donors (Lipinski definition) is 0. The van der Waals surface area contributed by atoms with Crippen molar-refractivity contribution >= 4 is 39.4 Å². The van der Waals surface area contributed by atoms with E-state index < -0.39 is 29.6 Å². The topological polar surface area (TPSA) is 63.7 Å². The zero-order valence-corrected chi connectivity index (χ0v) is 15.6. The van der Waals surface area contributed by atoms with Crippen molar-refractivity contribution in [2.75, 3.05) is 4.90 Å². The highest BCUT2D eigenvalue weighted by atomic mass is 79.9. The van der Waals surface area contributed by atoms with Crippen molar-refractivity contribution in [3.05, 3.63) is 58.6 Å². The first-order chi connectivity index (χ1) is 12.5. The summed E-state index contributed by atoms with van der Waals surface area (Å²) in [6.07, 6.45) is 0.530. The Morgan fingerprint density at radius 1 is 1.00 bits per heavy atom. The fourth-order valence-corrected chi connectivity index (χ4v) is 4.16. The lowest BCUT2D eigenvalue weighted by Crippen LogP contribution is -2.57. The third kappa shape index (κ3) is 2.48. The minimum atomic E-state index is -1.00. The van der Waals surface area contributed by atoms with Crippen molar-refractivity contribution < 1.29 is 19.1 Å². The molecular formula is C20H16BrNO4. The second kappa shape index (κ2) is 6.36. The Morgan fingerprint density at radius 3 is 2.38 bits per heavy atom. The van der Waals surface area contributed by atoms with E-state index in [1.54, 1.807) is 36.4 Å². The van der Waals surface area contributed by atoms with Gasteiger partial charge in [0.25, 0.3) is 0 Å². The monoisotopic (exact) mass is 413 g/mol. The second-order valence-electron chi connectivity index (χ2n) is 6.47. The molecule has 0 saturated carbocycles. The van der Waals surface area contributed by atoms with Crippen molar-refractivity contribution in [1.29, 1.82) is 0 Å². The van der Waals surface area contributed by atoms with Gasteiger partial charge in [0.2, 0.25) is 11.8 Å². The summed E-state index contributed by atoms with van der Waals surface area (Å²) < 4.78 is 6.24. The van der Waals surface area contributed by atoms with Crippen LogP contribution in [0.2, 0.25) is 0 Å². The highest BCUT2D eigenvalue weighted by Gasteiger charge is 2.55. The molecule has 2 aromatic rings. The van der Waals surface area contributed by atoms with Crippen molar-refractivity contribution in [2.45, 2.75) is 19.3 Å². The number of halogens is 1. The molecule has 0 bridgehead atoms. The van der Waals surface area contributed by atoms with Crippen molar-refractivity contribution in [3.8, 4) is 5.75 Å². The number of fused-ring (bicyclic) bond motifs is 3. The predicted octanol–water partition coefficient (Wildman–Crippen LogP) is 3.67. The van der Waals surface area contributed by atoms with Gasteiger partial charge in [-0.3, -0.25) is 14.4 Å². The van der Waals surface area contributed by atoms with Gasteiger partial charge >= 0.3 is 5.97 Å². The third-order valence-electron chi connectivity index (χ3n) is 5.08. The molecule has 0 aromatic heterocycles. The molecule has 132 valence electrons. The van der Waals surface area contributed by atoms with Crippen LogP contribution < -0.4 is 9.64 Å². The van der Waals surface area contributed by atoms with Crippen LogP contribution in [0, 0.1) is 11.8 Å². The molecule has 3 atom stereocenters. The van der Waals surface area contributed by atoms with Gasteiger partial charge in [-0.1, -0.05) is 41.1 Å². The Balaban J connectivity index is 1.84. The van der Waals surface area contributed by atoms with Gasteiger partial charge in [-0.2, -0.15) is 0 Å². The lowest BCUT2D eigenvalue weighted by molar-refractivity contribution is -0.151. The smallest absolute Gasteiger partial charge is 0.324 e. The molecule has 4 rings (SSSR count). The Morgan fingerprint density at radius 2 is 1.69 bits per heavy atom. The number of anilines is 1. The largest absolute Gasteiger partial charge is 0.426 e. The van der Waals surface area contributed by atoms with Crippen LogP contribution in [-0.4, -0.2) is 17.8 Å². The molecule has 1 saturated heterocycles. The molecule has 0 radical (unpaired) electrons. The molecule has 0 spiro atoms. The van der Waals surface area contributed by atoms with Crippen LogP contribution in [0.3, 0.4) is 0 Å². The number of nitrogens with zero attached hydrogens (tertiary/aromatic N) is 1. The van der Waals surface area contributed by atoms with E-state index in [9.17, 15) is 14.4 Å².